The van der Waals surface area contributed by atoms with E-state index in [4.69, 9.17) is 5.73 Å². The molecule has 0 aromatic carbocycles. The summed E-state index contributed by atoms with van der Waals surface area (Å²) in [6, 6.07) is 2.28. The molecule has 0 atom stereocenters. The lowest BCUT2D eigenvalue weighted by molar-refractivity contribution is 0.0953. The number of nitrogens with one attached hydrogen (secondary N) is 2. The van der Waals surface area contributed by atoms with E-state index in [1.165, 1.54) is 11.5 Å². The number of aryl methyl sites for hydroxylation is 1. The Hall–Kier alpha value is -2.09. The van der Waals surface area contributed by atoms with Gasteiger partial charge >= 0.3 is 0 Å². The van der Waals surface area contributed by atoms with E-state index < -0.39 is 0 Å². The summed E-state index contributed by atoms with van der Waals surface area (Å²) in [6.07, 6.45) is 4.79. The number of nitrogens with two attached hydrogens (primary N) is 1. The van der Waals surface area contributed by atoms with Crippen LogP contribution in [0.15, 0.2) is 12.3 Å². The molecule has 1 saturated carbocycles. The molecule has 4 N–H and O–H groups in total. The molecule has 3 rings (SSSR count). The summed E-state index contributed by atoms with van der Waals surface area (Å²) in [4.78, 5) is 12.2. The van der Waals surface area contributed by atoms with Crippen LogP contribution in [0.5, 0.6) is 0 Å². The van der Waals surface area contributed by atoms with E-state index in [1.54, 1.807) is 4.68 Å². The summed E-state index contributed by atoms with van der Waals surface area (Å²) in [6.45, 7) is 0.683. The van der Waals surface area contributed by atoms with Gasteiger partial charge in [-0.05, 0) is 30.4 Å². The minimum Gasteiger partial charge on any atom is -0.382 e. The van der Waals surface area contributed by atoms with Crippen LogP contribution in [0.1, 0.15) is 28.9 Å². The van der Waals surface area contributed by atoms with E-state index in [1.807, 2.05) is 19.3 Å². The van der Waals surface area contributed by atoms with Gasteiger partial charge in [-0.1, -0.05) is 0 Å². The molecule has 1 fully saturated rings. The third kappa shape index (κ3) is 3.33. The molecule has 1 aliphatic carbocycles. The third-order valence-corrected chi connectivity index (χ3v) is 4.11. The predicted octanol–water partition coefficient (Wildman–Crippen LogP) is 1.01. The molecule has 0 unspecified atom stereocenters. The van der Waals surface area contributed by atoms with Crippen molar-refractivity contribution in [3.8, 4) is 0 Å². The van der Waals surface area contributed by atoms with Gasteiger partial charge in [0.05, 0.1) is 5.69 Å². The van der Waals surface area contributed by atoms with Crippen LogP contribution in [0.25, 0.3) is 0 Å². The van der Waals surface area contributed by atoms with Gasteiger partial charge in [-0.15, -0.1) is 0 Å². The number of carbonyl (C=O) groups is 1. The van der Waals surface area contributed by atoms with Crippen molar-refractivity contribution < 1.29 is 4.79 Å². The molecule has 8 heteroatoms. The lowest BCUT2D eigenvalue weighted by atomic mass is 10.2. The molecule has 7 nitrogen and oxygen atoms in total. The standard InChI is InChI=1S/C13H18N6OS/c1-19-7-5-9(17-19)4-6-15-13-10(11(14)18-21-13)12(20)16-8-2-3-8/h5,7-8,15H,2-4,6H2,1H3,(H2,14,18)(H,16,20). The Morgan fingerprint density at radius 1 is 1.57 bits per heavy atom. The van der Waals surface area contributed by atoms with Crippen molar-refractivity contribution in [1.29, 1.82) is 0 Å². The Morgan fingerprint density at radius 2 is 2.38 bits per heavy atom. The van der Waals surface area contributed by atoms with Gasteiger partial charge in [0, 0.05) is 32.3 Å². The number of hydrogen-bond donors (Lipinski definition) is 3. The molecule has 21 heavy (non-hydrogen) atoms. The topological polar surface area (TPSA) is 97.9 Å². The fourth-order valence-corrected chi connectivity index (χ4v) is 2.76. The molecule has 112 valence electrons. The molecule has 1 amide bonds. The van der Waals surface area contributed by atoms with Crippen molar-refractivity contribution >= 4 is 28.3 Å². The maximum Gasteiger partial charge on any atom is 0.258 e. The van der Waals surface area contributed by atoms with Crippen LogP contribution in [-0.2, 0) is 13.5 Å². The summed E-state index contributed by atoms with van der Waals surface area (Å²) in [5, 5.41) is 11.2. The van der Waals surface area contributed by atoms with Crippen molar-refractivity contribution in [3.63, 3.8) is 0 Å². The zero-order chi connectivity index (χ0) is 14.8. The summed E-state index contributed by atoms with van der Waals surface area (Å²) >= 11 is 1.22. The maximum absolute atomic E-state index is 12.2. The Morgan fingerprint density at radius 3 is 3.05 bits per heavy atom. The van der Waals surface area contributed by atoms with Crippen LogP contribution in [0.3, 0.4) is 0 Å². The lowest BCUT2D eigenvalue weighted by Gasteiger charge is -2.07. The van der Waals surface area contributed by atoms with Gasteiger partial charge in [0.25, 0.3) is 5.91 Å². The Labute approximate surface area is 126 Å². The zero-order valence-corrected chi connectivity index (χ0v) is 12.6. The van der Waals surface area contributed by atoms with Gasteiger partial charge in [-0.25, -0.2) is 0 Å². The molecule has 2 heterocycles. The predicted molar refractivity (Wildman–Crippen MR) is 82.4 cm³/mol. The number of hydrogen-bond acceptors (Lipinski definition) is 6. The van der Waals surface area contributed by atoms with E-state index >= 15 is 0 Å². The number of anilines is 2. The second-order valence-corrected chi connectivity index (χ2v) is 5.95. The monoisotopic (exact) mass is 306 g/mol. The number of nitrogen functional groups attached to an aromatic ring is 1. The normalized spacial score (nSPS) is 14.1. The summed E-state index contributed by atoms with van der Waals surface area (Å²) in [5.41, 5.74) is 7.28. The van der Waals surface area contributed by atoms with Crippen LogP contribution in [-0.4, -0.2) is 32.6 Å². The van der Waals surface area contributed by atoms with Gasteiger partial charge in [-0.3, -0.25) is 9.48 Å². The Bertz CT molecular complexity index is 645. The first kappa shape index (κ1) is 13.9. The lowest BCUT2D eigenvalue weighted by Crippen LogP contribution is -2.26. The van der Waals surface area contributed by atoms with Crippen LogP contribution in [0.2, 0.25) is 0 Å². The highest BCUT2D eigenvalue weighted by atomic mass is 32.1. The van der Waals surface area contributed by atoms with Crippen molar-refractivity contribution in [2.75, 3.05) is 17.6 Å². The van der Waals surface area contributed by atoms with E-state index in [0.29, 0.717) is 24.0 Å². The van der Waals surface area contributed by atoms with E-state index in [9.17, 15) is 4.79 Å². The minimum atomic E-state index is -0.135. The fraction of sp³-hybridized carbons (Fsp3) is 0.462. The van der Waals surface area contributed by atoms with Gasteiger partial charge < -0.3 is 16.4 Å². The maximum atomic E-state index is 12.2. The largest absolute Gasteiger partial charge is 0.382 e. The van der Waals surface area contributed by atoms with Gasteiger partial charge in [0.1, 0.15) is 10.6 Å². The summed E-state index contributed by atoms with van der Waals surface area (Å²) < 4.78 is 5.84. The highest BCUT2D eigenvalue weighted by molar-refractivity contribution is 7.11. The third-order valence-electron chi connectivity index (χ3n) is 3.29. The summed E-state index contributed by atoms with van der Waals surface area (Å²) in [5.74, 6) is 0.155. The van der Waals surface area contributed by atoms with E-state index in [0.717, 1.165) is 30.0 Å². The number of rotatable bonds is 6. The van der Waals surface area contributed by atoms with Crippen molar-refractivity contribution in [1.82, 2.24) is 19.5 Å². The van der Waals surface area contributed by atoms with E-state index in [2.05, 4.69) is 20.1 Å². The first-order chi connectivity index (χ1) is 10.1. The first-order valence-corrected chi connectivity index (χ1v) is 7.69. The van der Waals surface area contributed by atoms with Gasteiger partial charge in [0.15, 0.2) is 5.82 Å². The van der Waals surface area contributed by atoms with Crippen molar-refractivity contribution in [2.24, 2.45) is 7.05 Å². The number of nitrogens with zero attached hydrogens (tertiary/aromatic N) is 3. The first-order valence-electron chi connectivity index (χ1n) is 6.92. The van der Waals surface area contributed by atoms with Crippen LogP contribution < -0.4 is 16.4 Å². The molecule has 0 bridgehead atoms. The SMILES string of the molecule is Cn1ccc(CCNc2snc(N)c2C(=O)NC2CC2)n1. The second kappa shape index (κ2) is 5.72. The quantitative estimate of drug-likeness (QED) is 0.740. The molecule has 2 aromatic heterocycles. The molecule has 0 saturated heterocycles. The molecule has 0 aliphatic heterocycles. The molecule has 0 spiro atoms. The van der Waals surface area contributed by atoms with Crippen molar-refractivity contribution in [2.45, 2.75) is 25.3 Å². The highest BCUT2D eigenvalue weighted by Crippen LogP contribution is 2.28. The van der Waals surface area contributed by atoms with E-state index in [-0.39, 0.29) is 5.91 Å². The molecule has 0 radical (unpaired) electrons. The number of amides is 1. The smallest absolute Gasteiger partial charge is 0.258 e. The average Bonchev–Trinajstić information content (AvgIpc) is 3.03. The second-order valence-electron chi connectivity index (χ2n) is 5.18. The Kier molecular flexibility index (Phi) is 3.78. The molecule has 1 aliphatic rings. The Balaban J connectivity index is 1.60. The van der Waals surface area contributed by atoms with Crippen LogP contribution in [0, 0.1) is 0 Å². The fourth-order valence-electron chi connectivity index (χ4n) is 2.03. The van der Waals surface area contributed by atoms with Crippen molar-refractivity contribution in [3.05, 3.63) is 23.5 Å². The highest BCUT2D eigenvalue weighted by Gasteiger charge is 2.27. The molecule has 2 aromatic rings. The zero-order valence-electron chi connectivity index (χ0n) is 11.8. The van der Waals surface area contributed by atoms with Crippen LogP contribution in [0.4, 0.5) is 10.8 Å². The minimum absolute atomic E-state index is 0.135. The number of carbonyl (C=O) groups excluding carboxylic acids is 1. The van der Waals surface area contributed by atoms with Crippen LogP contribution >= 0.6 is 11.5 Å². The summed E-state index contributed by atoms with van der Waals surface area (Å²) in [7, 11) is 1.89. The average molecular weight is 306 g/mol. The molecular weight excluding hydrogens is 288 g/mol. The van der Waals surface area contributed by atoms with Gasteiger partial charge in [-0.2, -0.15) is 9.47 Å². The van der Waals surface area contributed by atoms with Gasteiger partial charge in [0.2, 0.25) is 0 Å². The molecular formula is C13H18N6OS. The number of aromatic nitrogens is 3.